The fraction of sp³-hybridized carbons (Fsp3) is 0.294. The van der Waals surface area contributed by atoms with Crippen molar-refractivity contribution in [1.82, 2.24) is 15.2 Å². The van der Waals surface area contributed by atoms with Crippen LogP contribution in [0.5, 0.6) is 0 Å². The van der Waals surface area contributed by atoms with E-state index in [1.807, 2.05) is 12.1 Å². The summed E-state index contributed by atoms with van der Waals surface area (Å²) in [5.41, 5.74) is 1.65. The van der Waals surface area contributed by atoms with Crippen LogP contribution in [0, 0.1) is 5.82 Å². The first-order chi connectivity index (χ1) is 11.6. The minimum atomic E-state index is -0.481. The van der Waals surface area contributed by atoms with Crippen LogP contribution in [0.15, 0.2) is 42.7 Å². The van der Waals surface area contributed by atoms with Crippen molar-refractivity contribution in [1.29, 1.82) is 0 Å². The Morgan fingerprint density at radius 2 is 2.21 bits per heavy atom. The van der Waals surface area contributed by atoms with Crippen LogP contribution in [0.2, 0.25) is 5.02 Å². The number of hydrogen-bond acceptors (Lipinski definition) is 3. The molecule has 128 valence electrons. The molecule has 0 saturated heterocycles. The van der Waals surface area contributed by atoms with E-state index < -0.39 is 5.82 Å². The molecule has 0 fully saturated rings. The largest absolute Gasteiger partial charge is 0.383 e. The van der Waals surface area contributed by atoms with E-state index >= 15 is 0 Å². The van der Waals surface area contributed by atoms with Crippen molar-refractivity contribution in [3.63, 3.8) is 0 Å². The third-order valence-corrected chi connectivity index (χ3v) is 3.67. The van der Waals surface area contributed by atoms with Crippen LogP contribution in [0.1, 0.15) is 11.1 Å². The Balaban J connectivity index is 1.97. The van der Waals surface area contributed by atoms with Gasteiger partial charge in [0, 0.05) is 39.1 Å². The Hall–Kier alpha value is -2.18. The summed E-state index contributed by atoms with van der Waals surface area (Å²) in [4.78, 5) is 18.1. The number of aromatic nitrogens is 1. The van der Waals surface area contributed by atoms with E-state index in [-0.39, 0.29) is 17.6 Å². The Kier molecular flexibility index (Phi) is 6.96. The predicted octanol–water partition coefficient (Wildman–Crippen LogP) is 3.23. The Morgan fingerprint density at radius 3 is 2.88 bits per heavy atom. The summed E-state index contributed by atoms with van der Waals surface area (Å²) in [6.45, 7) is 1.56. The first kappa shape index (κ1) is 18.2. The van der Waals surface area contributed by atoms with Crippen molar-refractivity contribution in [2.75, 3.05) is 20.3 Å². The molecule has 0 atom stereocenters. The highest BCUT2D eigenvalue weighted by molar-refractivity contribution is 6.30. The summed E-state index contributed by atoms with van der Waals surface area (Å²) < 4.78 is 18.2. The van der Waals surface area contributed by atoms with Crippen LogP contribution in [-0.4, -0.2) is 36.2 Å². The highest BCUT2D eigenvalue weighted by atomic mass is 35.5. The minimum absolute atomic E-state index is 0.0355. The van der Waals surface area contributed by atoms with Gasteiger partial charge in [-0.2, -0.15) is 0 Å². The number of methoxy groups -OCH3 is 1. The van der Waals surface area contributed by atoms with E-state index in [1.165, 1.54) is 12.1 Å². The van der Waals surface area contributed by atoms with Gasteiger partial charge in [0.2, 0.25) is 0 Å². The van der Waals surface area contributed by atoms with Crippen LogP contribution in [0.3, 0.4) is 0 Å². The highest BCUT2D eigenvalue weighted by Crippen LogP contribution is 2.16. The fourth-order valence-corrected chi connectivity index (χ4v) is 2.31. The van der Waals surface area contributed by atoms with Crippen molar-refractivity contribution >= 4 is 17.6 Å². The number of carbonyl (C=O) groups is 1. The first-order valence-corrected chi connectivity index (χ1v) is 7.82. The van der Waals surface area contributed by atoms with Gasteiger partial charge in [0.05, 0.1) is 11.6 Å². The number of benzene rings is 1. The molecule has 2 aromatic rings. The van der Waals surface area contributed by atoms with Gasteiger partial charge in [0.15, 0.2) is 0 Å². The summed E-state index contributed by atoms with van der Waals surface area (Å²) in [6.07, 6.45) is 3.40. The van der Waals surface area contributed by atoms with Crippen molar-refractivity contribution < 1.29 is 13.9 Å². The van der Waals surface area contributed by atoms with Gasteiger partial charge in [0.1, 0.15) is 5.82 Å². The number of hydrogen-bond donors (Lipinski definition) is 1. The molecule has 0 aliphatic carbocycles. The van der Waals surface area contributed by atoms with Crippen molar-refractivity contribution in [3.8, 4) is 0 Å². The molecule has 1 N–H and O–H groups in total. The van der Waals surface area contributed by atoms with Crippen molar-refractivity contribution in [2.45, 2.75) is 13.1 Å². The molecular formula is C17H19ClFN3O2. The molecule has 0 radical (unpaired) electrons. The molecule has 0 aliphatic rings. The summed E-state index contributed by atoms with van der Waals surface area (Å²) in [7, 11) is 1.58. The van der Waals surface area contributed by atoms with Gasteiger partial charge in [0.25, 0.3) is 0 Å². The van der Waals surface area contributed by atoms with E-state index in [0.29, 0.717) is 19.7 Å². The molecule has 0 bridgehead atoms. The maximum Gasteiger partial charge on any atom is 0.318 e. The minimum Gasteiger partial charge on any atom is -0.383 e. The zero-order valence-corrected chi connectivity index (χ0v) is 14.1. The van der Waals surface area contributed by atoms with Crippen LogP contribution in [0.25, 0.3) is 0 Å². The molecule has 2 rings (SSSR count). The normalized spacial score (nSPS) is 10.5. The van der Waals surface area contributed by atoms with E-state index in [4.69, 9.17) is 16.3 Å². The van der Waals surface area contributed by atoms with Crippen molar-refractivity contribution in [2.24, 2.45) is 0 Å². The van der Waals surface area contributed by atoms with Gasteiger partial charge in [-0.15, -0.1) is 0 Å². The average molecular weight is 352 g/mol. The predicted molar refractivity (Wildman–Crippen MR) is 90.2 cm³/mol. The van der Waals surface area contributed by atoms with Gasteiger partial charge >= 0.3 is 6.03 Å². The lowest BCUT2D eigenvalue weighted by Gasteiger charge is -2.23. The maximum atomic E-state index is 13.2. The van der Waals surface area contributed by atoms with E-state index in [1.54, 1.807) is 30.5 Å². The summed E-state index contributed by atoms with van der Waals surface area (Å²) in [5.74, 6) is -0.481. The summed E-state index contributed by atoms with van der Waals surface area (Å²) >= 11 is 5.75. The summed E-state index contributed by atoms with van der Waals surface area (Å²) in [5, 5.41) is 2.84. The molecule has 1 aromatic carbocycles. The number of halogens is 2. The molecule has 1 aromatic heterocycles. The first-order valence-electron chi connectivity index (χ1n) is 7.44. The molecule has 0 unspecified atom stereocenters. The number of carbonyl (C=O) groups excluding carboxylic acids is 1. The Morgan fingerprint density at radius 1 is 1.38 bits per heavy atom. The van der Waals surface area contributed by atoms with E-state index in [2.05, 4.69) is 10.3 Å². The van der Waals surface area contributed by atoms with Gasteiger partial charge in [-0.25, -0.2) is 9.18 Å². The molecule has 7 heteroatoms. The SMILES string of the molecule is COCCN(Cc1cccnc1)C(=O)NCc1ccc(F)c(Cl)c1. The second kappa shape index (κ2) is 9.20. The molecular weight excluding hydrogens is 333 g/mol. The zero-order chi connectivity index (χ0) is 17.4. The third kappa shape index (κ3) is 5.47. The maximum absolute atomic E-state index is 13.2. The topological polar surface area (TPSA) is 54.5 Å². The second-order valence-corrected chi connectivity index (χ2v) is 5.59. The van der Waals surface area contributed by atoms with Gasteiger partial charge in [-0.1, -0.05) is 23.7 Å². The molecule has 1 heterocycles. The van der Waals surface area contributed by atoms with Crippen LogP contribution < -0.4 is 5.32 Å². The molecule has 0 aliphatic heterocycles. The standard InChI is InChI=1S/C17H19ClFN3O2/c1-24-8-7-22(12-14-3-2-6-20-10-14)17(23)21-11-13-4-5-16(19)15(18)9-13/h2-6,9-10H,7-8,11-12H2,1H3,(H,21,23). The number of ether oxygens (including phenoxy) is 1. The summed E-state index contributed by atoms with van der Waals surface area (Å²) in [6, 6.07) is 7.85. The fourth-order valence-electron chi connectivity index (χ4n) is 2.10. The second-order valence-electron chi connectivity index (χ2n) is 5.18. The number of pyridine rings is 1. The number of rotatable bonds is 7. The monoisotopic (exact) mass is 351 g/mol. The lowest BCUT2D eigenvalue weighted by Crippen LogP contribution is -2.41. The Labute approximate surface area is 145 Å². The number of nitrogens with one attached hydrogen (secondary N) is 1. The van der Waals surface area contributed by atoms with Crippen LogP contribution >= 0.6 is 11.6 Å². The number of nitrogens with zero attached hydrogens (tertiary/aromatic N) is 2. The van der Waals surface area contributed by atoms with E-state index in [9.17, 15) is 9.18 Å². The molecule has 0 spiro atoms. The van der Waals surface area contributed by atoms with E-state index in [0.717, 1.165) is 11.1 Å². The van der Waals surface area contributed by atoms with Gasteiger partial charge in [-0.3, -0.25) is 4.98 Å². The quantitative estimate of drug-likeness (QED) is 0.833. The van der Waals surface area contributed by atoms with Crippen LogP contribution in [0.4, 0.5) is 9.18 Å². The van der Waals surface area contributed by atoms with Gasteiger partial charge in [-0.05, 0) is 29.3 Å². The molecule has 24 heavy (non-hydrogen) atoms. The number of urea groups is 1. The smallest absolute Gasteiger partial charge is 0.318 e. The molecule has 5 nitrogen and oxygen atoms in total. The highest BCUT2D eigenvalue weighted by Gasteiger charge is 2.14. The van der Waals surface area contributed by atoms with Crippen molar-refractivity contribution in [3.05, 3.63) is 64.7 Å². The lowest BCUT2D eigenvalue weighted by molar-refractivity contribution is 0.146. The zero-order valence-electron chi connectivity index (χ0n) is 13.3. The number of amides is 2. The Bertz CT molecular complexity index is 670. The van der Waals surface area contributed by atoms with Crippen LogP contribution in [-0.2, 0) is 17.8 Å². The average Bonchev–Trinajstić information content (AvgIpc) is 2.60. The third-order valence-electron chi connectivity index (χ3n) is 3.38. The van der Waals surface area contributed by atoms with Gasteiger partial charge < -0.3 is 15.0 Å². The molecule has 0 saturated carbocycles. The lowest BCUT2D eigenvalue weighted by atomic mass is 10.2. The molecule has 2 amide bonds.